The van der Waals surface area contributed by atoms with Gasteiger partial charge in [0.2, 0.25) is 0 Å². The summed E-state index contributed by atoms with van der Waals surface area (Å²) in [7, 11) is 0. The molecule has 0 unspecified atom stereocenters. The summed E-state index contributed by atoms with van der Waals surface area (Å²) in [5.74, 6) is -0.184. The second kappa shape index (κ2) is 18.4. The molecule has 8 heteroatoms. The van der Waals surface area contributed by atoms with Crippen molar-refractivity contribution in [3.05, 3.63) is 35.4 Å². The Labute approximate surface area is 195 Å². The molecule has 0 atom stereocenters. The van der Waals surface area contributed by atoms with Crippen LogP contribution in [0.1, 0.15) is 61.3 Å². The van der Waals surface area contributed by atoms with Crippen LogP contribution in [-0.2, 0) is 0 Å². The SMILES string of the molecule is CCN(CC)CCCNC(=O)c1ccc(C(=O)NCCCN(CC)CC)cc1.Cl.Cl. The monoisotopic (exact) mass is 462 g/mol. The standard InChI is InChI=1S/C22H38N4O2.2ClH/c1-5-25(6-2)17-9-15-23-21(27)19-11-13-20(14-12-19)22(28)24-16-10-18-26(7-3)8-4;;/h11-14H,5-10,15-18H2,1-4H3,(H,23,27)(H,24,28);2*1H. The Morgan fingerprint density at radius 1 is 0.667 bits per heavy atom. The molecule has 0 bridgehead atoms. The minimum atomic E-state index is -0.0919. The number of halogens is 2. The van der Waals surface area contributed by atoms with Gasteiger partial charge in [0.05, 0.1) is 0 Å². The number of hydrogen-bond acceptors (Lipinski definition) is 4. The highest BCUT2D eigenvalue weighted by atomic mass is 35.5. The molecule has 0 heterocycles. The molecule has 0 spiro atoms. The summed E-state index contributed by atoms with van der Waals surface area (Å²) in [6.07, 6.45) is 1.86. The van der Waals surface area contributed by atoms with Gasteiger partial charge in [0.1, 0.15) is 0 Å². The molecule has 0 aliphatic heterocycles. The van der Waals surface area contributed by atoms with Gasteiger partial charge < -0.3 is 20.4 Å². The summed E-state index contributed by atoms with van der Waals surface area (Å²) in [4.78, 5) is 29.1. The van der Waals surface area contributed by atoms with Crippen molar-refractivity contribution in [2.45, 2.75) is 40.5 Å². The molecule has 0 fully saturated rings. The van der Waals surface area contributed by atoms with Gasteiger partial charge in [-0.15, -0.1) is 24.8 Å². The van der Waals surface area contributed by atoms with Crippen LogP contribution in [0.4, 0.5) is 0 Å². The van der Waals surface area contributed by atoms with E-state index in [1.54, 1.807) is 24.3 Å². The summed E-state index contributed by atoms with van der Waals surface area (Å²) in [5, 5.41) is 5.89. The average molecular weight is 463 g/mol. The minimum Gasteiger partial charge on any atom is -0.352 e. The van der Waals surface area contributed by atoms with Crippen LogP contribution in [0.15, 0.2) is 24.3 Å². The molecular weight excluding hydrogens is 423 g/mol. The number of benzene rings is 1. The highest BCUT2D eigenvalue weighted by Gasteiger charge is 2.09. The van der Waals surface area contributed by atoms with E-state index in [2.05, 4.69) is 48.1 Å². The molecule has 2 amide bonds. The van der Waals surface area contributed by atoms with Gasteiger partial charge in [0, 0.05) is 24.2 Å². The zero-order chi connectivity index (χ0) is 20.8. The van der Waals surface area contributed by atoms with Crippen LogP contribution in [0.25, 0.3) is 0 Å². The van der Waals surface area contributed by atoms with Gasteiger partial charge in [-0.3, -0.25) is 9.59 Å². The third kappa shape index (κ3) is 11.7. The molecule has 0 aromatic heterocycles. The summed E-state index contributed by atoms with van der Waals surface area (Å²) in [6.45, 7) is 16.0. The lowest BCUT2D eigenvalue weighted by molar-refractivity contribution is 0.0940. The van der Waals surface area contributed by atoms with Crippen molar-refractivity contribution in [2.75, 3.05) is 52.4 Å². The maximum atomic E-state index is 12.2. The Hall–Kier alpha value is -1.34. The van der Waals surface area contributed by atoms with Crippen LogP contribution in [0.3, 0.4) is 0 Å². The number of hydrogen-bond donors (Lipinski definition) is 2. The summed E-state index contributed by atoms with van der Waals surface area (Å²) in [6, 6.07) is 6.85. The van der Waals surface area contributed by atoms with Gasteiger partial charge in [-0.05, 0) is 76.4 Å². The Balaban J connectivity index is 0. The van der Waals surface area contributed by atoms with Crippen molar-refractivity contribution < 1.29 is 9.59 Å². The van der Waals surface area contributed by atoms with E-state index >= 15 is 0 Å². The normalized spacial score (nSPS) is 10.3. The fourth-order valence-electron chi connectivity index (χ4n) is 3.07. The van der Waals surface area contributed by atoms with E-state index in [1.807, 2.05) is 0 Å². The Kier molecular flexibility index (Phi) is 19.0. The number of rotatable bonds is 14. The molecule has 1 rings (SSSR count). The molecule has 30 heavy (non-hydrogen) atoms. The number of carbonyl (C=O) groups excluding carboxylic acids is 2. The molecule has 174 valence electrons. The zero-order valence-electron chi connectivity index (χ0n) is 18.9. The Morgan fingerprint density at radius 2 is 0.967 bits per heavy atom. The first-order valence-electron chi connectivity index (χ1n) is 10.7. The maximum Gasteiger partial charge on any atom is 0.251 e. The Bertz CT molecular complexity index is 526. The first-order chi connectivity index (χ1) is 13.5. The number of amides is 2. The molecule has 6 nitrogen and oxygen atoms in total. The molecule has 1 aromatic rings. The molecule has 2 N–H and O–H groups in total. The van der Waals surface area contributed by atoms with E-state index < -0.39 is 0 Å². The summed E-state index contributed by atoms with van der Waals surface area (Å²) >= 11 is 0. The van der Waals surface area contributed by atoms with Crippen molar-refractivity contribution in [2.24, 2.45) is 0 Å². The lowest BCUT2D eigenvalue weighted by atomic mass is 10.1. The third-order valence-corrected chi connectivity index (χ3v) is 5.07. The predicted octanol–water partition coefficient (Wildman–Crippen LogP) is 3.45. The van der Waals surface area contributed by atoms with Crippen molar-refractivity contribution in [3.8, 4) is 0 Å². The second-order valence-corrected chi connectivity index (χ2v) is 6.85. The van der Waals surface area contributed by atoms with Crippen molar-refractivity contribution >= 4 is 36.6 Å². The van der Waals surface area contributed by atoms with Gasteiger partial charge >= 0.3 is 0 Å². The highest BCUT2D eigenvalue weighted by Crippen LogP contribution is 2.05. The highest BCUT2D eigenvalue weighted by molar-refractivity contribution is 5.97. The maximum absolute atomic E-state index is 12.2. The van der Waals surface area contributed by atoms with Gasteiger partial charge in [0.15, 0.2) is 0 Å². The van der Waals surface area contributed by atoms with Crippen LogP contribution in [0.2, 0.25) is 0 Å². The van der Waals surface area contributed by atoms with Crippen molar-refractivity contribution in [3.63, 3.8) is 0 Å². The van der Waals surface area contributed by atoms with E-state index in [0.29, 0.717) is 24.2 Å². The number of carbonyl (C=O) groups is 2. The van der Waals surface area contributed by atoms with Crippen LogP contribution in [0, 0.1) is 0 Å². The van der Waals surface area contributed by atoms with E-state index in [4.69, 9.17) is 0 Å². The molecular formula is C22H40Cl2N4O2. The molecule has 0 aliphatic rings. The van der Waals surface area contributed by atoms with Gasteiger partial charge in [-0.1, -0.05) is 27.7 Å². The first kappa shape index (κ1) is 30.9. The fourth-order valence-corrected chi connectivity index (χ4v) is 3.07. The average Bonchev–Trinajstić information content (AvgIpc) is 2.73. The third-order valence-electron chi connectivity index (χ3n) is 5.07. The van der Waals surface area contributed by atoms with Crippen molar-refractivity contribution in [1.29, 1.82) is 0 Å². The Morgan fingerprint density at radius 3 is 1.23 bits per heavy atom. The summed E-state index contributed by atoms with van der Waals surface area (Å²) < 4.78 is 0. The lowest BCUT2D eigenvalue weighted by Crippen LogP contribution is -2.30. The molecule has 0 saturated heterocycles. The largest absolute Gasteiger partial charge is 0.352 e. The predicted molar refractivity (Wildman–Crippen MR) is 130 cm³/mol. The minimum absolute atomic E-state index is 0. The van der Waals surface area contributed by atoms with Gasteiger partial charge in [-0.25, -0.2) is 0 Å². The van der Waals surface area contributed by atoms with Gasteiger partial charge in [0.25, 0.3) is 11.8 Å². The van der Waals surface area contributed by atoms with Crippen LogP contribution >= 0.6 is 24.8 Å². The van der Waals surface area contributed by atoms with E-state index in [-0.39, 0.29) is 36.6 Å². The molecule has 0 saturated carbocycles. The molecule has 1 aromatic carbocycles. The van der Waals surface area contributed by atoms with Crippen molar-refractivity contribution in [1.82, 2.24) is 20.4 Å². The van der Waals surface area contributed by atoms with Crippen LogP contribution in [-0.4, -0.2) is 74.0 Å². The number of nitrogens with zero attached hydrogens (tertiary/aromatic N) is 2. The van der Waals surface area contributed by atoms with E-state index in [9.17, 15) is 9.59 Å². The van der Waals surface area contributed by atoms with Gasteiger partial charge in [-0.2, -0.15) is 0 Å². The van der Waals surface area contributed by atoms with Crippen LogP contribution < -0.4 is 10.6 Å². The quantitative estimate of drug-likeness (QED) is 0.415. The summed E-state index contributed by atoms with van der Waals surface area (Å²) in [5.41, 5.74) is 1.17. The number of nitrogens with one attached hydrogen (secondary N) is 2. The first-order valence-corrected chi connectivity index (χ1v) is 10.7. The topological polar surface area (TPSA) is 64.7 Å². The fraction of sp³-hybridized carbons (Fsp3) is 0.636. The van der Waals surface area contributed by atoms with E-state index in [0.717, 1.165) is 52.1 Å². The van der Waals surface area contributed by atoms with E-state index in [1.165, 1.54) is 0 Å². The molecule has 0 radical (unpaired) electrons. The lowest BCUT2D eigenvalue weighted by Gasteiger charge is -2.17. The second-order valence-electron chi connectivity index (χ2n) is 6.85. The zero-order valence-corrected chi connectivity index (χ0v) is 20.5. The van der Waals surface area contributed by atoms with Crippen LogP contribution in [0.5, 0.6) is 0 Å². The molecule has 0 aliphatic carbocycles. The smallest absolute Gasteiger partial charge is 0.251 e.